The Labute approximate surface area is 124 Å². The van der Waals surface area contributed by atoms with E-state index in [1.54, 1.807) is 6.07 Å². The van der Waals surface area contributed by atoms with Crippen LogP contribution in [-0.2, 0) is 12.7 Å². The molecule has 2 nitrogen and oxygen atoms in total. The van der Waals surface area contributed by atoms with E-state index >= 15 is 0 Å². The molecule has 1 heterocycles. The molecular formula is C16H23F3N2. The Morgan fingerprint density at radius 1 is 1.33 bits per heavy atom. The van der Waals surface area contributed by atoms with Crippen LogP contribution in [-0.4, -0.2) is 30.6 Å². The van der Waals surface area contributed by atoms with Crippen LogP contribution < -0.4 is 5.32 Å². The van der Waals surface area contributed by atoms with Crippen molar-refractivity contribution < 1.29 is 13.2 Å². The Bertz CT molecular complexity index is 457. The molecule has 1 saturated heterocycles. The highest BCUT2D eigenvalue weighted by Crippen LogP contribution is 2.29. The number of hydrogen-bond donors (Lipinski definition) is 1. The van der Waals surface area contributed by atoms with Crippen molar-refractivity contribution in [1.82, 2.24) is 10.2 Å². The second kappa shape index (κ2) is 6.79. The van der Waals surface area contributed by atoms with Gasteiger partial charge in [0.25, 0.3) is 0 Å². The van der Waals surface area contributed by atoms with Gasteiger partial charge in [0.2, 0.25) is 0 Å². The summed E-state index contributed by atoms with van der Waals surface area (Å²) in [5, 5.41) is 3.51. The summed E-state index contributed by atoms with van der Waals surface area (Å²) < 4.78 is 38.3. The van der Waals surface area contributed by atoms with Crippen molar-refractivity contribution >= 4 is 0 Å². The van der Waals surface area contributed by atoms with Crippen LogP contribution in [0.1, 0.15) is 31.4 Å². The summed E-state index contributed by atoms with van der Waals surface area (Å²) in [6.45, 7) is 7.70. The van der Waals surface area contributed by atoms with E-state index in [9.17, 15) is 13.2 Å². The van der Waals surface area contributed by atoms with E-state index in [-0.39, 0.29) is 0 Å². The van der Waals surface area contributed by atoms with E-state index < -0.39 is 11.7 Å². The van der Waals surface area contributed by atoms with E-state index in [1.165, 1.54) is 12.1 Å². The quantitative estimate of drug-likeness (QED) is 0.919. The van der Waals surface area contributed by atoms with Crippen LogP contribution in [0.5, 0.6) is 0 Å². The molecule has 0 spiro atoms. The van der Waals surface area contributed by atoms with Crippen LogP contribution in [0.2, 0.25) is 0 Å². The molecule has 118 valence electrons. The van der Waals surface area contributed by atoms with Crippen LogP contribution in [0.3, 0.4) is 0 Å². The van der Waals surface area contributed by atoms with Crippen molar-refractivity contribution in [1.29, 1.82) is 0 Å². The zero-order valence-corrected chi connectivity index (χ0v) is 12.6. The third-order valence-electron chi connectivity index (χ3n) is 3.98. The van der Waals surface area contributed by atoms with Gasteiger partial charge in [-0.15, -0.1) is 0 Å². The second-order valence-electron chi connectivity index (χ2n) is 6.09. The van der Waals surface area contributed by atoms with Gasteiger partial charge in [0.15, 0.2) is 0 Å². The maximum atomic E-state index is 12.8. The Morgan fingerprint density at radius 3 is 2.76 bits per heavy atom. The first kappa shape index (κ1) is 16.3. The van der Waals surface area contributed by atoms with Crippen LogP contribution in [0, 0.1) is 5.92 Å². The monoisotopic (exact) mass is 300 g/mol. The van der Waals surface area contributed by atoms with Gasteiger partial charge in [-0.05, 0) is 37.1 Å². The molecule has 1 fully saturated rings. The highest BCUT2D eigenvalue weighted by Gasteiger charge is 2.30. The third-order valence-corrected chi connectivity index (χ3v) is 3.98. The minimum Gasteiger partial charge on any atom is -0.312 e. The Hall–Kier alpha value is -1.07. The second-order valence-corrected chi connectivity index (χ2v) is 6.09. The van der Waals surface area contributed by atoms with Crippen LogP contribution >= 0.6 is 0 Å². The van der Waals surface area contributed by atoms with E-state index in [0.29, 0.717) is 18.5 Å². The van der Waals surface area contributed by atoms with Crippen LogP contribution in [0.4, 0.5) is 13.2 Å². The standard InChI is InChI=1S/C16H23F3N2/c1-12(2)15-11-21(8-4-7-20-15)10-13-5-3-6-14(9-13)16(17,18)19/h3,5-6,9,12,15,20H,4,7-8,10-11H2,1-2H3. The van der Waals surface area contributed by atoms with E-state index in [4.69, 9.17) is 0 Å². The first-order chi connectivity index (χ1) is 9.86. The van der Waals surface area contributed by atoms with Gasteiger partial charge in [-0.25, -0.2) is 0 Å². The summed E-state index contributed by atoms with van der Waals surface area (Å²) in [6.07, 6.45) is -3.24. The minimum atomic E-state index is -4.27. The summed E-state index contributed by atoms with van der Waals surface area (Å²) in [7, 11) is 0. The van der Waals surface area contributed by atoms with Gasteiger partial charge < -0.3 is 5.32 Å². The lowest BCUT2D eigenvalue weighted by atomic mass is 10.0. The van der Waals surface area contributed by atoms with Crippen molar-refractivity contribution in [2.75, 3.05) is 19.6 Å². The van der Waals surface area contributed by atoms with Crippen molar-refractivity contribution in [3.63, 3.8) is 0 Å². The molecule has 1 aliphatic heterocycles. The molecule has 0 aromatic heterocycles. The average molecular weight is 300 g/mol. The number of nitrogens with zero attached hydrogens (tertiary/aromatic N) is 1. The van der Waals surface area contributed by atoms with Crippen LogP contribution in [0.25, 0.3) is 0 Å². The normalized spacial score (nSPS) is 21.5. The molecule has 0 aliphatic carbocycles. The fraction of sp³-hybridized carbons (Fsp3) is 0.625. The number of alkyl halides is 3. The van der Waals surface area contributed by atoms with Gasteiger partial charge in [0, 0.05) is 19.1 Å². The topological polar surface area (TPSA) is 15.3 Å². The lowest BCUT2D eigenvalue weighted by Gasteiger charge is -2.27. The molecule has 1 aromatic carbocycles. The zero-order chi connectivity index (χ0) is 15.5. The van der Waals surface area contributed by atoms with E-state index in [1.807, 2.05) is 0 Å². The molecule has 0 radical (unpaired) electrons. The summed E-state index contributed by atoms with van der Waals surface area (Å²) in [5.74, 6) is 0.520. The molecule has 1 unspecified atom stereocenters. The molecule has 1 aliphatic rings. The fourth-order valence-electron chi connectivity index (χ4n) is 2.72. The average Bonchev–Trinajstić information content (AvgIpc) is 2.64. The number of halogens is 3. The molecule has 5 heteroatoms. The summed E-state index contributed by atoms with van der Waals surface area (Å²) in [4.78, 5) is 2.25. The summed E-state index contributed by atoms with van der Waals surface area (Å²) in [5.41, 5.74) is 0.169. The zero-order valence-electron chi connectivity index (χ0n) is 12.6. The Morgan fingerprint density at radius 2 is 2.10 bits per heavy atom. The predicted octanol–water partition coefficient (Wildman–Crippen LogP) is 3.53. The van der Waals surface area contributed by atoms with Gasteiger partial charge in [-0.3, -0.25) is 4.90 Å². The van der Waals surface area contributed by atoms with Crippen molar-refractivity contribution in [2.45, 2.75) is 39.0 Å². The lowest BCUT2D eigenvalue weighted by molar-refractivity contribution is -0.137. The highest BCUT2D eigenvalue weighted by molar-refractivity contribution is 5.25. The smallest absolute Gasteiger partial charge is 0.312 e. The third kappa shape index (κ3) is 4.71. The van der Waals surface area contributed by atoms with Gasteiger partial charge >= 0.3 is 6.18 Å². The van der Waals surface area contributed by atoms with Crippen molar-refractivity contribution in [2.24, 2.45) is 5.92 Å². The molecule has 1 aromatic rings. The van der Waals surface area contributed by atoms with Crippen molar-refractivity contribution in [3.8, 4) is 0 Å². The SMILES string of the molecule is CC(C)C1CN(Cc2cccc(C(F)(F)F)c2)CCCN1. The molecule has 0 amide bonds. The number of rotatable bonds is 3. The Kier molecular flexibility index (Phi) is 5.27. The molecule has 0 saturated carbocycles. The van der Waals surface area contributed by atoms with E-state index in [0.717, 1.165) is 37.7 Å². The van der Waals surface area contributed by atoms with Gasteiger partial charge in [-0.2, -0.15) is 13.2 Å². The molecule has 1 N–H and O–H groups in total. The van der Waals surface area contributed by atoms with Gasteiger partial charge in [0.05, 0.1) is 5.56 Å². The highest BCUT2D eigenvalue weighted by atomic mass is 19.4. The molecule has 1 atom stereocenters. The first-order valence-electron chi connectivity index (χ1n) is 7.48. The van der Waals surface area contributed by atoms with Crippen molar-refractivity contribution in [3.05, 3.63) is 35.4 Å². The molecule has 2 rings (SSSR count). The Balaban J connectivity index is 2.06. The summed E-state index contributed by atoms with van der Waals surface area (Å²) >= 11 is 0. The maximum Gasteiger partial charge on any atom is 0.416 e. The number of nitrogens with one attached hydrogen (secondary N) is 1. The molecule has 21 heavy (non-hydrogen) atoms. The summed E-state index contributed by atoms with van der Waals surface area (Å²) in [6, 6.07) is 6.07. The van der Waals surface area contributed by atoms with E-state index in [2.05, 4.69) is 24.1 Å². The van der Waals surface area contributed by atoms with Gasteiger partial charge in [0.1, 0.15) is 0 Å². The predicted molar refractivity (Wildman–Crippen MR) is 78.0 cm³/mol. The lowest BCUT2D eigenvalue weighted by Crippen LogP contribution is -2.41. The van der Waals surface area contributed by atoms with Gasteiger partial charge in [-0.1, -0.05) is 32.0 Å². The minimum absolute atomic E-state index is 0.401. The largest absolute Gasteiger partial charge is 0.416 e. The molecule has 0 bridgehead atoms. The fourth-order valence-corrected chi connectivity index (χ4v) is 2.72. The number of benzene rings is 1. The first-order valence-corrected chi connectivity index (χ1v) is 7.48. The maximum absolute atomic E-state index is 12.8. The number of hydrogen-bond acceptors (Lipinski definition) is 2. The molecular weight excluding hydrogens is 277 g/mol. The van der Waals surface area contributed by atoms with Crippen LogP contribution in [0.15, 0.2) is 24.3 Å².